The van der Waals surface area contributed by atoms with Gasteiger partial charge in [-0.1, -0.05) is 24.3 Å². The van der Waals surface area contributed by atoms with E-state index in [2.05, 4.69) is 33.5 Å². The SMILES string of the molecule is Cc1cc(=O)[nH]c(N2CCN(C(=O)C3NCC4(CC4)c4ccccc43)CC2)n1. The number of anilines is 1. The van der Waals surface area contributed by atoms with Crippen LogP contribution < -0.4 is 15.8 Å². The number of H-pyrrole nitrogens is 1. The Morgan fingerprint density at radius 1 is 1.18 bits per heavy atom. The number of nitrogens with zero attached hydrogens (tertiary/aromatic N) is 3. The van der Waals surface area contributed by atoms with Crippen molar-refractivity contribution in [1.29, 1.82) is 0 Å². The highest BCUT2D eigenvalue weighted by Gasteiger charge is 2.50. The molecule has 3 aliphatic rings. The maximum Gasteiger partial charge on any atom is 0.252 e. The van der Waals surface area contributed by atoms with Gasteiger partial charge in [-0.2, -0.15) is 0 Å². The standard InChI is InChI=1S/C21H25N5O2/c1-14-12-17(27)24-20(23-14)26-10-8-25(9-11-26)19(28)18-15-4-2-3-5-16(15)21(6-7-21)13-22-18/h2-5,12,18,22H,6-11,13H2,1H3,(H,23,24,27). The molecule has 1 aromatic heterocycles. The Balaban J connectivity index is 1.31. The van der Waals surface area contributed by atoms with Gasteiger partial charge in [-0.15, -0.1) is 0 Å². The van der Waals surface area contributed by atoms with Gasteiger partial charge in [-0.25, -0.2) is 4.98 Å². The molecule has 1 amide bonds. The highest BCUT2D eigenvalue weighted by molar-refractivity contribution is 5.84. The number of aromatic amines is 1. The second-order valence-corrected chi connectivity index (χ2v) is 8.20. The maximum atomic E-state index is 13.3. The summed E-state index contributed by atoms with van der Waals surface area (Å²) >= 11 is 0. The van der Waals surface area contributed by atoms with Gasteiger partial charge in [0.05, 0.1) is 0 Å². The number of fused-ring (bicyclic) bond motifs is 2. The second-order valence-electron chi connectivity index (χ2n) is 8.20. The Kier molecular flexibility index (Phi) is 4.01. The van der Waals surface area contributed by atoms with Crippen molar-refractivity contribution >= 4 is 11.9 Å². The first kappa shape index (κ1) is 17.4. The fourth-order valence-electron chi connectivity index (χ4n) is 4.59. The minimum absolute atomic E-state index is 0.141. The molecule has 1 aromatic carbocycles. The van der Waals surface area contributed by atoms with Crippen molar-refractivity contribution in [3.63, 3.8) is 0 Å². The number of nitrogens with one attached hydrogen (secondary N) is 2. The molecule has 1 unspecified atom stereocenters. The lowest BCUT2D eigenvalue weighted by atomic mass is 9.84. The quantitative estimate of drug-likeness (QED) is 0.817. The first-order chi connectivity index (χ1) is 13.6. The third-order valence-electron chi connectivity index (χ3n) is 6.34. The van der Waals surface area contributed by atoms with Gasteiger partial charge in [-0.3, -0.25) is 14.6 Å². The molecule has 1 aliphatic carbocycles. The van der Waals surface area contributed by atoms with Crippen LogP contribution in [0.25, 0.3) is 0 Å². The van der Waals surface area contributed by atoms with Crippen LogP contribution in [-0.2, 0) is 10.2 Å². The first-order valence-electron chi connectivity index (χ1n) is 10.0. The molecule has 2 aromatic rings. The summed E-state index contributed by atoms with van der Waals surface area (Å²) in [4.78, 5) is 36.2. The van der Waals surface area contributed by atoms with E-state index in [1.807, 2.05) is 22.8 Å². The monoisotopic (exact) mass is 379 g/mol. The topological polar surface area (TPSA) is 81.3 Å². The molecule has 2 aliphatic heterocycles. The van der Waals surface area contributed by atoms with Gasteiger partial charge < -0.3 is 15.1 Å². The van der Waals surface area contributed by atoms with E-state index in [-0.39, 0.29) is 22.9 Å². The van der Waals surface area contributed by atoms with Gasteiger partial charge in [0.15, 0.2) is 0 Å². The molecule has 1 saturated carbocycles. The molecule has 0 bridgehead atoms. The highest BCUT2D eigenvalue weighted by atomic mass is 16.2. The molecule has 2 N–H and O–H groups in total. The molecule has 7 nitrogen and oxygen atoms in total. The van der Waals surface area contributed by atoms with Gasteiger partial charge >= 0.3 is 0 Å². The highest BCUT2D eigenvalue weighted by Crippen LogP contribution is 2.52. The molecular formula is C21H25N5O2. The number of amides is 1. The lowest BCUT2D eigenvalue weighted by Crippen LogP contribution is -2.53. The van der Waals surface area contributed by atoms with Gasteiger partial charge in [-0.05, 0) is 30.9 Å². The fraction of sp³-hybridized carbons (Fsp3) is 0.476. The molecule has 2 fully saturated rings. The van der Waals surface area contributed by atoms with Crippen LogP contribution in [0.15, 0.2) is 35.1 Å². The molecule has 1 atom stereocenters. The van der Waals surface area contributed by atoms with Crippen molar-refractivity contribution in [3.05, 3.63) is 57.5 Å². The Morgan fingerprint density at radius 2 is 1.93 bits per heavy atom. The zero-order valence-corrected chi connectivity index (χ0v) is 16.1. The van der Waals surface area contributed by atoms with Crippen LogP contribution in [0.3, 0.4) is 0 Å². The van der Waals surface area contributed by atoms with E-state index in [1.54, 1.807) is 0 Å². The average molecular weight is 379 g/mol. The Morgan fingerprint density at radius 3 is 2.64 bits per heavy atom. The summed E-state index contributed by atoms with van der Waals surface area (Å²) in [6, 6.07) is 9.64. The van der Waals surface area contributed by atoms with Gasteiger partial charge in [0.1, 0.15) is 6.04 Å². The van der Waals surface area contributed by atoms with Crippen LogP contribution in [0.1, 0.15) is 35.7 Å². The summed E-state index contributed by atoms with van der Waals surface area (Å²) in [6.07, 6.45) is 2.41. The summed E-state index contributed by atoms with van der Waals surface area (Å²) in [5, 5.41) is 3.52. The lowest BCUT2D eigenvalue weighted by molar-refractivity contribution is -0.134. The molecule has 3 heterocycles. The van der Waals surface area contributed by atoms with E-state index in [0.29, 0.717) is 37.8 Å². The number of benzene rings is 1. The van der Waals surface area contributed by atoms with Gasteiger partial charge in [0.25, 0.3) is 5.56 Å². The molecule has 0 radical (unpaired) electrons. The van der Waals surface area contributed by atoms with Crippen molar-refractivity contribution in [1.82, 2.24) is 20.2 Å². The number of rotatable bonds is 2. The lowest BCUT2D eigenvalue weighted by Gasteiger charge is -2.39. The Hall–Kier alpha value is -2.67. The molecule has 5 rings (SSSR count). The number of carbonyl (C=O) groups excluding carboxylic acids is 1. The maximum absolute atomic E-state index is 13.3. The predicted molar refractivity (Wildman–Crippen MR) is 106 cm³/mol. The summed E-state index contributed by atoms with van der Waals surface area (Å²) in [5.41, 5.74) is 3.32. The molecule has 146 valence electrons. The van der Waals surface area contributed by atoms with E-state index < -0.39 is 0 Å². The summed E-state index contributed by atoms with van der Waals surface area (Å²) in [5.74, 6) is 0.738. The molecule has 7 heteroatoms. The van der Waals surface area contributed by atoms with Crippen LogP contribution in [0.2, 0.25) is 0 Å². The number of hydrogen-bond donors (Lipinski definition) is 2. The largest absolute Gasteiger partial charge is 0.339 e. The van der Waals surface area contributed by atoms with Crippen molar-refractivity contribution in [3.8, 4) is 0 Å². The zero-order chi connectivity index (χ0) is 19.3. The van der Waals surface area contributed by atoms with E-state index in [0.717, 1.165) is 12.1 Å². The minimum Gasteiger partial charge on any atom is -0.339 e. The van der Waals surface area contributed by atoms with E-state index in [9.17, 15) is 9.59 Å². The zero-order valence-electron chi connectivity index (χ0n) is 16.1. The molecule has 28 heavy (non-hydrogen) atoms. The van der Waals surface area contributed by atoms with Crippen LogP contribution in [-0.4, -0.2) is 53.5 Å². The predicted octanol–water partition coefficient (Wildman–Crippen LogP) is 1.10. The van der Waals surface area contributed by atoms with Crippen molar-refractivity contribution < 1.29 is 4.79 Å². The Labute approximate surface area is 163 Å². The third kappa shape index (κ3) is 2.90. The van der Waals surface area contributed by atoms with Crippen LogP contribution in [0, 0.1) is 6.92 Å². The fourth-order valence-corrected chi connectivity index (χ4v) is 4.59. The molecule has 1 spiro atoms. The third-order valence-corrected chi connectivity index (χ3v) is 6.34. The van der Waals surface area contributed by atoms with Crippen LogP contribution >= 0.6 is 0 Å². The van der Waals surface area contributed by atoms with E-state index >= 15 is 0 Å². The number of hydrogen-bond acceptors (Lipinski definition) is 5. The van der Waals surface area contributed by atoms with Crippen molar-refractivity contribution in [2.75, 3.05) is 37.6 Å². The Bertz CT molecular complexity index is 973. The van der Waals surface area contributed by atoms with Gasteiger partial charge in [0, 0.05) is 49.9 Å². The smallest absolute Gasteiger partial charge is 0.252 e. The van der Waals surface area contributed by atoms with E-state index in [4.69, 9.17) is 0 Å². The molecule has 1 saturated heterocycles. The minimum atomic E-state index is -0.258. The number of piperazine rings is 1. The van der Waals surface area contributed by atoms with Crippen LogP contribution in [0.4, 0.5) is 5.95 Å². The van der Waals surface area contributed by atoms with Gasteiger partial charge in [0.2, 0.25) is 11.9 Å². The second kappa shape index (κ2) is 6.44. The number of carbonyl (C=O) groups is 1. The molecular weight excluding hydrogens is 354 g/mol. The first-order valence-corrected chi connectivity index (χ1v) is 10.0. The summed E-state index contributed by atoms with van der Waals surface area (Å²) in [6.45, 7) is 5.28. The van der Waals surface area contributed by atoms with Crippen molar-refractivity contribution in [2.24, 2.45) is 0 Å². The summed E-state index contributed by atoms with van der Waals surface area (Å²) < 4.78 is 0. The van der Waals surface area contributed by atoms with Crippen LogP contribution in [0.5, 0.6) is 0 Å². The number of aromatic nitrogens is 2. The van der Waals surface area contributed by atoms with Crippen molar-refractivity contribution in [2.45, 2.75) is 31.2 Å². The van der Waals surface area contributed by atoms with E-state index in [1.165, 1.54) is 24.5 Å². The number of aryl methyl sites for hydroxylation is 1. The average Bonchev–Trinajstić information content (AvgIpc) is 3.48. The summed E-state index contributed by atoms with van der Waals surface area (Å²) in [7, 11) is 0. The normalized spacial score (nSPS) is 22.8.